The number of nitrogens with zero attached hydrogens (tertiary/aromatic N) is 1. The lowest BCUT2D eigenvalue weighted by Gasteiger charge is -2.36. The molecule has 0 aromatic heterocycles. The first-order valence-corrected chi connectivity index (χ1v) is 6.73. The maximum absolute atomic E-state index is 12.5. The number of carboxylic acids is 1. The molecule has 1 heterocycles. The third kappa shape index (κ3) is 2.76. The number of hydrogen-bond donors (Lipinski definition) is 2. The second kappa shape index (κ2) is 5.53. The van der Waals surface area contributed by atoms with Crippen LogP contribution in [0.4, 0.5) is 0 Å². The van der Waals surface area contributed by atoms with Crippen molar-refractivity contribution in [1.82, 2.24) is 4.90 Å². The van der Waals surface area contributed by atoms with Gasteiger partial charge in [-0.3, -0.25) is 9.59 Å². The summed E-state index contributed by atoms with van der Waals surface area (Å²) in [5.41, 5.74) is 1.10. The van der Waals surface area contributed by atoms with Crippen LogP contribution in [0.5, 0.6) is 5.75 Å². The molecule has 1 aliphatic heterocycles. The van der Waals surface area contributed by atoms with E-state index in [9.17, 15) is 14.7 Å². The number of benzene rings is 1. The Kier molecular flexibility index (Phi) is 3.97. The van der Waals surface area contributed by atoms with E-state index in [-0.39, 0.29) is 24.2 Å². The monoisotopic (exact) mass is 277 g/mol. The quantitative estimate of drug-likeness (QED) is 0.867. The van der Waals surface area contributed by atoms with Crippen LogP contribution in [-0.4, -0.2) is 39.6 Å². The second-order valence-electron chi connectivity index (χ2n) is 5.42. The van der Waals surface area contributed by atoms with E-state index in [2.05, 4.69) is 0 Å². The summed E-state index contributed by atoms with van der Waals surface area (Å²) in [6.45, 7) is 3.90. The van der Waals surface area contributed by atoms with E-state index in [0.29, 0.717) is 24.0 Å². The Morgan fingerprint density at radius 3 is 2.60 bits per heavy atom. The fraction of sp³-hybridized carbons (Fsp3) is 0.467. The SMILES string of the molecule is Cc1ccc(C(=O)N2CC(C(=O)O)CCC2C)cc1O. The van der Waals surface area contributed by atoms with Crippen LogP contribution in [0.1, 0.15) is 35.7 Å². The zero-order valence-electron chi connectivity index (χ0n) is 11.7. The Labute approximate surface area is 117 Å². The van der Waals surface area contributed by atoms with Crippen molar-refractivity contribution in [1.29, 1.82) is 0 Å². The Hall–Kier alpha value is -2.04. The lowest BCUT2D eigenvalue weighted by Crippen LogP contribution is -2.47. The van der Waals surface area contributed by atoms with E-state index in [0.717, 1.165) is 0 Å². The molecule has 2 atom stereocenters. The predicted molar refractivity (Wildman–Crippen MR) is 73.7 cm³/mol. The first-order chi connectivity index (χ1) is 9.40. The molecule has 0 bridgehead atoms. The summed E-state index contributed by atoms with van der Waals surface area (Å²) < 4.78 is 0. The van der Waals surface area contributed by atoms with Crippen LogP contribution in [-0.2, 0) is 4.79 Å². The molecular weight excluding hydrogens is 258 g/mol. The lowest BCUT2D eigenvalue weighted by molar-refractivity contribution is -0.143. The first-order valence-electron chi connectivity index (χ1n) is 6.73. The number of carboxylic acid groups (broad SMARTS) is 1. The highest BCUT2D eigenvalue weighted by molar-refractivity contribution is 5.95. The number of amides is 1. The summed E-state index contributed by atoms with van der Waals surface area (Å²) in [6, 6.07) is 4.80. The van der Waals surface area contributed by atoms with Crippen molar-refractivity contribution in [2.45, 2.75) is 32.7 Å². The molecule has 5 heteroatoms. The summed E-state index contributed by atoms with van der Waals surface area (Å²) in [4.78, 5) is 25.1. The number of carbonyl (C=O) groups excluding carboxylic acids is 1. The van der Waals surface area contributed by atoms with E-state index in [1.165, 1.54) is 6.07 Å². The fourth-order valence-corrected chi connectivity index (χ4v) is 2.50. The van der Waals surface area contributed by atoms with Crippen molar-refractivity contribution in [2.75, 3.05) is 6.54 Å². The average Bonchev–Trinajstić information content (AvgIpc) is 2.41. The van der Waals surface area contributed by atoms with Gasteiger partial charge in [0.15, 0.2) is 0 Å². The van der Waals surface area contributed by atoms with Gasteiger partial charge < -0.3 is 15.1 Å². The van der Waals surface area contributed by atoms with Gasteiger partial charge in [-0.05, 0) is 44.4 Å². The molecule has 0 aliphatic carbocycles. The summed E-state index contributed by atoms with van der Waals surface area (Å²) in [5, 5.41) is 18.8. The van der Waals surface area contributed by atoms with Crippen molar-refractivity contribution in [2.24, 2.45) is 5.92 Å². The van der Waals surface area contributed by atoms with Gasteiger partial charge in [0.2, 0.25) is 0 Å². The van der Waals surface area contributed by atoms with Gasteiger partial charge in [-0.25, -0.2) is 0 Å². The van der Waals surface area contributed by atoms with Crippen molar-refractivity contribution >= 4 is 11.9 Å². The van der Waals surface area contributed by atoms with Gasteiger partial charge in [-0.15, -0.1) is 0 Å². The number of likely N-dealkylation sites (tertiary alicyclic amines) is 1. The van der Waals surface area contributed by atoms with Gasteiger partial charge in [0.05, 0.1) is 5.92 Å². The molecule has 1 saturated heterocycles. The van der Waals surface area contributed by atoms with Gasteiger partial charge in [-0.1, -0.05) is 6.07 Å². The van der Waals surface area contributed by atoms with Crippen LogP contribution in [0, 0.1) is 12.8 Å². The van der Waals surface area contributed by atoms with Gasteiger partial charge in [0, 0.05) is 18.2 Å². The van der Waals surface area contributed by atoms with Crippen molar-refractivity contribution in [3.63, 3.8) is 0 Å². The number of phenols is 1. The Morgan fingerprint density at radius 1 is 1.30 bits per heavy atom. The summed E-state index contributed by atoms with van der Waals surface area (Å²) in [6.07, 6.45) is 1.28. The number of aliphatic carboxylic acids is 1. The fourth-order valence-electron chi connectivity index (χ4n) is 2.50. The highest BCUT2D eigenvalue weighted by atomic mass is 16.4. The average molecular weight is 277 g/mol. The van der Waals surface area contributed by atoms with Crippen LogP contribution in [0.25, 0.3) is 0 Å². The molecule has 0 spiro atoms. The minimum Gasteiger partial charge on any atom is -0.508 e. The van der Waals surface area contributed by atoms with E-state index >= 15 is 0 Å². The molecule has 2 unspecified atom stereocenters. The zero-order chi connectivity index (χ0) is 14.9. The molecule has 2 rings (SSSR count). The largest absolute Gasteiger partial charge is 0.508 e. The van der Waals surface area contributed by atoms with Crippen LogP contribution < -0.4 is 0 Å². The number of carbonyl (C=O) groups is 2. The molecule has 5 nitrogen and oxygen atoms in total. The zero-order valence-corrected chi connectivity index (χ0v) is 11.7. The van der Waals surface area contributed by atoms with Gasteiger partial charge >= 0.3 is 5.97 Å². The number of rotatable bonds is 2. The molecule has 1 aromatic carbocycles. The number of piperidine rings is 1. The van der Waals surface area contributed by atoms with Gasteiger partial charge in [0.1, 0.15) is 5.75 Å². The maximum atomic E-state index is 12.5. The summed E-state index contributed by atoms with van der Waals surface area (Å²) in [7, 11) is 0. The minimum absolute atomic E-state index is 0.0153. The number of phenolic OH excluding ortho intramolecular Hbond substituents is 1. The van der Waals surface area contributed by atoms with Crippen LogP contribution in [0.15, 0.2) is 18.2 Å². The first kappa shape index (κ1) is 14.4. The summed E-state index contributed by atoms with van der Waals surface area (Å²) in [5.74, 6) is -1.51. The normalized spacial score (nSPS) is 22.6. The molecule has 1 aliphatic rings. The lowest BCUT2D eigenvalue weighted by atomic mass is 9.93. The summed E-state index contributed by atoms with van der Waals surface area (Å²) >= 11 is 0. The topological polar surface area (TPSA) is 77.8 Å². The number of aromatic hydroxyl groups is 1. The van der Waals surface area contributed by atoms with Crippen LogP contribution in [0.2, 0.25) is 0 Å². The Bertz CT molecular complexity index is 541. The van der Waals surface area contributed by atoms with E-state index in [4.69, 9.17) is 5.11 Å². The predicted octanol–water partition coefficient (Wildman–Crippen LogP) is 2.03. The molecule has 108 valence electrons. The number of aryl methyl sites for hydroxylation is 1. The highest BCUT2D eigenvalue weighted by Gasteiger charge is 2.33. The molecule has 1 fully saturated rings. The van der Waals surface area contributed by atoms with Crippen molar-refractivity contribution < 1.29 is 19.8 Å². The molecule has 1 aromatic rings. The third-order valence-corrected chi connectivity index (χ3v) is 3.95. The maximum Gasteiger partial charge on any atom is 0.308 e. The van der Waals surface area contributed by atoms with Crippen molar-refractivity contribution in [3.8, 4) is 5.75 Å². The third-order valence-electron chi connectivity index (χ3n) is 3.95. The number of hydrogen-bond acceptors (Lipinski definition) is 3. The minimum atomic E-state index is -0.860. The highest BCUT2D eigenvalue weighted by Crippen LogP contribution is 2.25. The molecule has 20 heavy (non-hydrogen) atoms. The molecule has 0 radical (unpaired) electrons. The van der Waals surface area contributed by atoms with E-state index in [1.54, 1.807) is 24.0 Å². The van der Waals surface area contributed by atoms with E-state index < -0.39 is 11.9 Å². The van der Waals surface area contributed by atoms with Crippen LogP contribution in [0.3, 0.4) is 0 Å². The standard InChI is InChI=1S/C15H19NO4/c1-9-3-5-11(7-13(9)17)14(18)16-8-12(15(19)20)6-4-10(16)2/h3,5,7,10,12,17H,4,6,8H2,1-2H3,(H,19,20). The second-order valence-corrected chi connectivity index (χ2v) is 5.42. The van der Waals surface area contributed by atoms with Gasteiger partial charge in [-0.2, -0.15) is 0 Å². The van der Waals surface area contributed by atoms with Crippen LogP contribution >= 0.6 is 0 Å². The smallest absolute Gasteiger partial charge is 0.308 e. The molecule has 2 N–H and O–H groups in total. The van der Waals surface area contributed by atoms with Gasteiger partial charge in [0.25, 0.3) is 5.91 Å². The van der Waals surface area contributed by atoms with E-state index in [1.807, 2.05) is 6.92 Å². The Morgan fingerprint density at radius 2 is 2.00 bits per heavy atom. The molecular formula is C15H19NO4. The van der Waals surface area contributed by atoms with Crippen molar-refractivity contribution in [3.05, 3.63) is 29.3 Å². The Balaban J connectivity index is 2.21. The molecule has 0 saturated carbocycles. The molecule has 1 amide bonds.